The first-order valence-corrected chi connectivity index (χ1v) is 12.6. The van der Waals surface area contributed by atoms with Crippen molar-refractivity contribution in [2.24, 2.45) is 0 Å². The number of nitrogens with zero attached hydrogens (tertiary/aromatic N) is 2. The molecule has 0 saturated carbocycles. The molecule has 0 aliphatic carbocycles. The summed E-state index contributed by atoms with van der Waals surface area (Å²) in [5.74, 6) is -0.0260. The Labute approximate surface area is 207 Å². The Hall–Kier alpha value is -3.05. The van der Waals surface area contributed by atoms with E-state index >= 15 is 0 Å². The molecule has 5 rings (SSSR count). The number of likely N-dealkylation sites (tertiary alicyclic amines) is 1. The van der Waals surface area contributed by atoms with Gasteiger partial charge in [0, 0.05) is 31.9 Å². The Balaban J connectivity index is 1.46. The maximum atomic E-state index is 14.3. The van der Waals surface area contributed by atoms with Gasteiger partial charge in [-0.05, 0) is 68.9 Å². The molecule has 0 radical (unpaired) electrons. The molecule has 1 aromatic heterocycles. The van der Waals surface area contributed by atoms with Gasteiger partial charge in [0.1, 0.15) is 5.82 Å². The number of carbonyl (C=O) groups excluding carboxylic acids is 1. The minimum atomic E-state index is -0.567. The van der Waals surface area contributed by atoms with Crippen LogP contribution in [-0.4, -0.2) is 35.5 Å². The summed E-state index contributed by atoms with van der Waals surface area (Å²) in [7, 11) is 0. The minimum Gasteiger partial charge on any atom is -0.381 e. The summed E-state index contributed by atoms with van der Waals surface area (Å²) in [6, 6.07) is 19.2. The van der Waals surface area contributed by atoms with Gasteiger partial charge < -0.3 is 9.64 Å². The molecule has 1 unspecified atom stereocenters. The summed E-state index contributed by atoms with van der Waals surface area (Å²) in [6.45, 7) is 6.10. The number of benzene rings is 2. The molecular weight excluding hydrogens is 439 g/mol. The molecule has 0 bridgehead atoms. The van der Waals surface area contributed by atoms with Crippen LogP contribution in [0.5, 0.6) is 0 Å². The Kier molecular flexibility index (Phi) is 6.70. The van der Waals surface area contributed by atoms with E-state index in [1.165, 1.54) is 17.2 Å². The highest BCUT2D eigenvalue weighted by atomic mass is 19.1. The third-order valence-corrected chi connectivity index (χ3v) is 7.54. The van der Waals surface area contributed by atoms with Crippen LogP contribution in [-0.2, 0) is 21.4 Å². The molecule has 2 aromatic carbocycles. The SMILES string of the molecule is Cc1cc(C)cc(C2(C(=O)N3CCCC3c3cccc(Cc4ccccc4F)n3)CCOCC2)c1. The number of hydrogen-bond donors (Lipinski definition) is 0. The van der Waals surface area contributed by atoms with E-state index in [4.69, 9.17) is 9.72 Å². The molecule has 1 amide bonds. The molecule has 1 atom stereocenters. The predicted molar refractivity (Wildman–Crippen MR) is 135 cm³/mol. The summed E-state index contributed by atoms with van der Waals surface area (Å²) in [5, 5.41) is 0. The molecule has 5 heteroatoms. The van der Waals surface area contributed by atoms with Crippen LogP contribution >= 0.6 is 0 Å². The summed E-state index contributed by atoms with van der Waals surface area (Å²) in [4.78, 5) is 21.3. The van der Waals surface area contributed by atoms with Crippen molar-refractivity contribution in [1.29, 1.82) is 0 Å². The van der Waals surface area contributed by atoms with E-state index in [0.717, 1.165) is 36.3 Å². The maximum Gasteiger partial charge on any atom is 0.233 e. The van der Waals surface area contributed by atoms with Crippen molar-refractivity contribution >= 4 is 5.91 Å². The second kappa shape index (κ2) is 9.90. The van der Waals surface area contributed by atoms with Gasteiger partial charge in [-0.15, -0.1) is 0 Å². The third kappa shape index (κ3) is 4.74. The molecule has 3 aromatic rings. The lowest BCUT2D eigenvalue weighted by molar-refractivity contribution is -0.142. The molecule has 2 saturated heterocycles. The number of amides is 1. The summed E-state index contributed by atoms with van der Waals surface area (Å²) >= 11 is 0. The van der Waals surface area contributed by atoms with E-state index in [2.05, 4.69) is 36.9 Å². The predicted octanol–water partition coefficient (Wildman–Crippen LogP) is 5.84. The molecule has 0 N–H and O–H groups in total. The van der Waals surface area contributed by atoms with E-state index in [1.807, 2.05) is 24.3 Å². The first-order valence-electron chi connectivity index (χ1n) is 12.6. The van der Waals surface area contributed by atoms with Gasteiger partial charge in [-0.25, -0.2) is 4.39 Å². The molecule has 3 heterocycles. The fourth-order valence-corrected chi connectivity index (χ4v) is 5.81. The van der Waals surface area contributed by atoms with Crippen molar-refractivity contribution in [3.05, 3.63) is 100 Å². The lowest BCUT2D eigenvalue weighted by Gasteiger charge is -2.41. The number of ether oxygens (including phenoxy) is 1. The average molecular weight is 473 g/mol. The normalized spacial score (nSPS) is 19.6. The van der Waals surface area contributed by atoms with Gasteiger partial charge in [-0.1, -0.05) is 53.6 Å². The molecule has 2 fully saturated rings. The molecule has 35 heavy (non-hydrogen) atoms. The zero-order valence-electron chi connectivity index (χ0n) is 20.6. The summed E-state index contributed by atoms with van der Waals surface area (Å²) in [6.07, 6.45) is 3.67. The van der Waals surface area contributed by atoms with Crippen LogP contribution < -0.4 is 0 Å². The molecule has 0 spiro atoms. The highest BCUT2D eigenvalue weighted by Gasteiger charge is 2.47. The van der Waals surface area contributed by atoms with Gasteiger partial charge in [0.15, 0.2) is 0 Å². The van der Waals surface area contributed by atoms with E-state index in [0.29, 0.717) is 38.0 Å². The van der Waals surface area contributed by atoms with Crippen LogP contribution in [0, 0.1) is 19.7 Å². The number of hydrogen-bond acceptors (Lipinski definition) is 3. The number of rotatable bonds is 5. The van der Waals surface area contributed by atoms with Crippen molar-refractivity contribution in [3.8, 4) is 0 Å². The van der Waals surface area contributed by atoms with Crippen LogP contribution in [0.1, 0.15) is 65.4 Å². The average Bonchev–Trinajstić information content (AvgIpc) is 3.35. The van der Waals surface area contributed by atoms with Gasteiger partial charge >= 0.3 is 0 Å². The van der Waals surface area contributed by atoms with Crippen molar-refractivity contribution < 1.29 is 13.9 Å². The standard InChI is InChI=1S/C30H33FN2O2/c1-21-17-22(2)19-24(18-21)30(12-15-35-16-13-30)29(34)33-14-6-11-28(33)27-10-5-8-25(32-27)20-23-7-3-4-9-26(23)31/h3-5,7-10,17-19,28H,6,11-16,20H2,1-2H3. The monoisotopic (exact) mass is 472 g/mol. The van der Waals surface area contributed by atoms with Crippen LogP contribution in [0.2, 0.25) is 0 Å². The van der Waals surface area contributed by atoms with E-state index in [1.54, 1.807) is 12.1 Å². The quantitative estimate of drug-likeness (QED) is 0.469. The van der Waals surface area contributed by atoms with Gasteiger partial charge in [0.25, 0.3) is 0 Å². The first-order chi connectivity index (χ1) is 17.0. The zero-order chi connectivity index (χ0) is 24.4. The number of halogens is 1. The zero-order valence-corrected chi connectivity index (χ0v) is 20.6. The van der Waals surface area contributed by atoms with Crippen LogP contribution in [0.4, 0.5) is 4.39 Å². The molecular formula is C30H33FN2O2. The maximum absolute atomic E-state index is 14.3. The first kappa shape index (κ1) is 23.7. The molecule has 182 valence electrons. The molecule has 2 aliphatic heterocycles. The summed E-state index contributed by atoms with van der Waals surface area (Å²) < 4.78 is 19.9. The highest BCUT2D eigenvalue weighted by molar-refractivity contribution is 5.89. The Morgan fingerprint density at radius 2 is 1.80 bits per heavy atom. The minimum absolute atomic E-state index is 0.0614. The number of pyridine rings is 1. The van der Waals surface area contributed by atoms with Gasteiger partial charge in [-0.2, -0.15) is 0 Å². The lowest BCUT2D eigenvalue weighted by atomic mass is 9.72. The Morgan fingerprint density at radius 3 is 2.54 bits per heavy atom. The van der Waals surface area contributed by atoms with Crippen LogP contribution in [0.3, 0.4) is 0 Å². The largest absolute Gasteiger partial charge is 0.381 e. The second-order valence-electron chi connectivity index (χ2n) is 10.0. The van der Waals surface area contributed by atoms with E-state index < -0.39 is 5.41 Å². The van der Waals surface area contributed by atoms with Crippen LogP contribution in [0.25, 0.3) is 0 Å². The molecule has 4 nitrogen and oxygen atoms in total. The third-order valence-electron chi connectivity index (χ3n) is 7.54. The van der Waals surface area contributed by atoms with Crippen LogP contribution in [0.15, 0.2) is 60.7 Å². The van der Waals surface area contributed by atoms with Gasteiger partial charge in [-0.3, -0.25) is 9.78 Å². The van der Waals surface area contributed by atoms with Crippen molar-refractivity contribution in [3.63, 3.8) is 0 Å². The van der Waals surface area contributed by atoms with E-state index in [-0.39, 0.29) is 17.8 Å². The van der Waals surface area contributed by atoms with E-state index in [9.17, 15) is 9.18 Å². The van der Waals surface area contributed by atoms with Crippen molar-refractivity contribution in [1.82, 2.24) is 9.88 Å². The number of aryl methyl sites for hydroxylation is 2. The number of carbonyl (C=O) groups is 1. The van der Waals surface area contributed by atoms with Crippen molar-refractivity contribution in [2.75, 3.05) is 19.8 Å². The van der Waals surface area contributed by atoms with Crippen molar-refractivity contribution in [2.45, 2.75) is 57.4 Å². The smallest absolute Gasteiger partial charge is 0.233 e. The Morgan fingerprint density at radius 1 is 1.06 bits per heavy atom. The molecule has 2 aliphatic rings. The van der Waals surface area contributed by atoms with Gasteiger partial charge in [0.2, 0.25) is 5.91 Å². The summed E-state index contributed by atoms with van der Waals surface area (Å²) in [5.41, 5.74) is 5.25. The lowest BCUT2D eigenvalue weighted by Crippen LogP contribution is -2.49. The second-order valence-corrected chi connectivity index (χ2v) is 10.0. The fraction of sp³-hybridized carbons (Fsp3) is 0.400. The number of aromatic nitrogens is 1. The highest BCUT2D eigenvalue weighted by Crippen LogP contribution is 2.42. The van der Waals surface area contributed by atoms with Gasteiger partial charge in [0.05, 0.1) is 17.2 Å². The fourth-order valence-electron chi connectivity index (χ4n) is 5.81. The Bertz CT molecular complexity index is 1200. The topological polar surface area (TPSA) is 42.4 Å².